The number of nitrogens with one attached hydrogen (secondary N) is 1. The Labute approximate surface area is 157 Å². The van der Waals surface area contributed by atoms with Crippen molar-refractivity contribution in [3.05, 3.63) is 76.4 Å². The summed E-state index contributed by atoms with van der Waals surface area (Å²) in [5.41, 5.74) is 1.33. The van der Waals surface area contributed by atoms with Crippen molar-refractivity contribution in [1.82, 2.24) is 9.78 Å². The third-order valence-electron chi connectivity index (χ3n) is 4.51. The van der Waals surface area contributed by atoms with Crippen molar-refractivity contribution >= 4 is 23.3 Å². The number of rotatable bonds is 2. The van der Waals surface area contributed by atoms with Crippen LogP contribution in [-0.4, -0.2) is 15.7 Å². The number of amides is 1. The number of carbonyl (C=O) groups excluding carboxylic acids is 1. The van der Waals surface area contributed by atoms with Crippen molar-refractivity contribution < 1.29 is 18.0 Å². The second kappa shape index (κ2) is 6.42. The Balaban J connectivity index is 1.75. The van der Waals surface area contributed by atoms with E-state index in [4.69, 9.17) is 11.6 Å². The van der Waals surface area contributed by atoms with Crippen molar-refractivity contribution in [2.24, 2.45) is 0 Å². The lowest BCUT2D eigenvalue weighted by Gasteiger charge is -2.24. The average molecular weight is 392 g/mol. The Morgan fingerprint density at radius 2 is 1.89 bits per heavy atom. The molecule has 2 aromatic carbocycles. The number of alkyl halides is 3. The van der Waals surface area contributed by atoms with Crippen molar-refractivity contribution in [3.8, 4) is 5.69 Å². The van der Waals surface area contributed by atoms with Gasteiger partial charge in [-0.3, -0.25) is 4.79 Å². The number of benzene rings is 2. The van der Waals surface area contributed by atoms with Gasteiger partial charge in [-0.15, -0.1) is 0 Å². The molecule has 8 heteroatoms. The Morgan fingerprint density at radius 1 is 1.15 bits per heavy atom. The van der Waals surface area contributed by atoms with Crippen LogP contribution in [0.3, 0.4) is 0 Å². The van der Waals surface area contributed by atoms with E-state index < -0.39 is 11.7 Å². The van der Waals surface area contributed by atoms with Crippen LogP contribution in [0.2, 0.25) is 5.02 Å². The lowest BCUT2D eigenvalue weighted by atomic mass is 9.87. The van der Waals surface area contributed by atoms with Crippen LogP contribution in [-0.2, 0) is 11.0 Å². The van der Waals surface area contributed by atoms with Gasteiger partial charge in [0.2, 0.25) is 5.91 Å². The molecule has 1 aliphatic heterocycles. The molecule has 0 unspecified atom stereocenters. The number of anilines is 1. The van der Waals surface area contributed by atoms with Crippen molar-refractivity contribution in [2.45, 2.75) is 18.5 Å². The molecule has 27 heavy (non-hydrogen) atoms. The van der Waals surface area contributed by atoms with Gasteiger partial charge < -0.3 is 5.32 Å². The van der Waals surface area contributed by atoms with E-state index in [0.29, 0.717) is 22.1 Å². The summed E-state index contributed by atoms with van der Waals surface area (Å²) in [5, 5.41) is 7.67. The molecule has 1 atom stereocenters. The molecule has 0 fully saturated rings. The summed E-state index contributed by atoms with van der Waals surface area (Å²) in [6.07, 6.45) is -2.64. The molecule has 3 aromatic rings. The molecule has 0 saturated heterocycles. The van der Waals surface area contributed by atoms with Crippen LogP contribution in [0.25, 0.3) is 5.69 Å². The standard InChI is InChI=1S/C19H13ClF3N3O/c20-13-2-1-3-14(8-13)26-18-16(10-24-26)15(9-17(27)25-18)11-4-6-12(7-5-11)19(21,22)23/h1-8,10,15H,9H2,(H,25,27)/t15-/m1/s1. The van der Waals surface area contributed by atoms with E-state index >= 15 is 0 Å². The first kappa shape index (κ1) is 17.6. The van der Waals surface area contributed by atoms with Crippen LogP contribution in [0.1, 0.15) is 29.0 Å². The highest BCUT2D eigenvalue weighted by Gasteiger charge is 2.33. The maximum Gasteiger partial charge on any atom is 0.416 e. The molecule has 0 spiro atoms. The Hall–Kier alpha value is -2.80. The van der Waals surface area contributed by atoms with Gasteiger partial charge in [-0.25, -0.2) is 4.68 Å². The molecular formula is C19H13ClF3N3O. The average Bonchev–Trinajstić information content (AvgIpc) is 3.04. The number of carbonyl (C=O) groups is 1. The largest absolute Gasteiger partial charge is 0.416 e. The summed E-state index contributed by atoms with van der Waals surface area (Å²) in [6, 6.07) is 11.9. The van der Waals surface area contributed by atoms with Gasteiger partial charge in [0.25, 0.3) is 0 Å². The Bertz CT molecular complexity index is 1010. The Kier molecular flexibility index (Phi) is 4.19. The van der Waals surface area contributed by atoms with Crippen molar-refractivity contribution in [3.63, 3.8) is 0 Å². The summed E-state index contributed by atoms with van der Waals surface area (Å²) < 4.78 is 40.0. The van der Waals surface area contributed by atoms with Gasteiger partial charge in [0.1, 0.15) is 5.82 Å². The molecule has 0 saturated carbocycles. The van der Waals surface area contributed by atoms with Crippen LogP contribution < -0.4 is 5.32 Å². The zero-order valence-electron chi connectivity index (χ0n) is 13.8. The van der Waals surface area contributed by atoms with Crippen LogP contribution in [0, 0.1) is 0 Å². The third-order valence-corrected chi connectivity index (χ3v) is 4.75. The quantitative estimate of drug-likeness (QED) is 0.666. The van der Waals surface area contributed by atoms with Gasteiger partial charge in [0, 0.05) is 22.9 Å². The predicted octanol–water partition coefficient (Wildman–Crippen LogP) is 5.02. The van der Waals surface area contributed by atoms with Crippen LogP contribution in [0.5, 0.6) is 0 Å². The van der Waals surface area contributed by atoms with Gasteiger partial charge in [-0.1, -0.05) is 29.8 Å². The van der Waals surface area contributed by atoms with Crippen LogP contribution >= 0.6 is 11.6 Å². The topological polar surface area (TPSA) is 46.9 Å². The number of hydrogen-bond donors (Lipinski definition) is 1. The van der Waals surface area contributed by atoms with Crippen molar-refractivity contribution in [2.75, 3.05) is 5.32 Å². The van der Waals surface area contributed by atoms with Crippen LogP contribution in [0.15, 0.2) is 54.7 Å². The summed E-state index contributed by atoms with van der Waals surface area (Å²) in [5.74, 6) is -0.0986. The van der Waals surface area contributed by atoms with Gasteiger partial charge in [-0.05, 0) is 35.9 Å². The van der Waals surface area contributed by atoms with Crippen LogP contribution in [0.4, 0.5) is 19.0 Å². The second-order valence-corrected chi connectivity index (χ2v) is 6.70. The smallest absolute Gasteiger partial charge is 0.310 e. The van der Waals surface area contributed by atoms with E-state index in [1.165, 1.54) is 12.1 Å². The predicted molar refractivity (Wildman–Crippen MR) is 95.1 cm³/mol. The number of halogens is 4. The van der Waals surface area contributed by atoms with Gasteiger partial charge in [0.15, 0.2) is 0 Å². The monoisotopic (exact) mass is 391 g/mol. The van der Waals surface area contributed by atoms with E-state index in [1.54, 1.807) is 35.1 Å². The van der Waals surface area contributed by atoms with E-state index in [9.17, 15) is 18.0 Å². The van der Waals surface area contributed by atoms with E-state index in [0.717, 1.165) is 17.7 Å². The first-order valence-electron chi connectivity index (χ1n) is 8.14. The zero-order chi connectivity index (χ0) is 19.2. The van der Waals surface area contributed by atoms with E-state index in [-0.39, 0.29) is 18.2 Å². The fourth-order valence-electron chi connectivity index (χ4n) is 3.23. The van der Waals surface area contributed by atoms with Gasteiger partial charge in [-0.2, -0.15) is 18.3 Å². The molecule has 4 rings (SSSR count). The fourth-order valence-corrected chi connectivity index (χ4v) is 3.41. The number of hydrogen-bond acceptors (Lipinski definition) is 2. The lowest BCUT2D eigenvalue weighted by molar-refractivity contribution is -0.137. The molecule has 138 valence electrons. The minimum absolute atomic E-state index is 0.138. The first-order valence-corrected chi connectivity index (χ1v) is 8.51. The molecule has 0 bridgehead atoms. The summed E-state index contributed by atoms with van der Waals surface area (Å²) in [4.78, 5) is 12.2. The minimum Gasteiger partial charge on any atom is -0.310 e. The molecule has 1 aliphatic rings. The number of aromatic nitrogens is 2. The third kappa shape index (κ3) is 3.30. The molecule has 1 N–H and O–H groups in total. The highest BCUT2D eigenvalue weighted by Crippen LogP contribution is 2.39. The second-order valence-electron chi connectivity index (χ2n) is 6.26. The summed E-state index contributed by atoms with van der Waals surface area (Å²) in [7, 11) is 0. The van der Waals surface area contributed by atoms with Gasteiger partial charge in [0.05, 0.1) is 17.4 Å². The summed E-state index contributed by atoms with van der Waals surface area (Å²) >= 11 is 6.03. The molecule has 1 amide bonds. The number of fused-ring (bicyclic) bond motifs is 1. The lowest BCUT2D eigenvalue weighted by Crippen LogP contribution is -2.24. The van der Waals surface area contributed by atoms with Crippen molar-refractivity contribution in [1.29, 1.82) is 0 Å². The normalized spacial score (nSPS) is 16.7. The highest BCUT2D eigenvalue weighted by molar-refractivity contribution is 6.30. The first-order chi connectivity index (χ1) is 12.8. The highest BCUT2D eigenvalue weighted by atomic mass is 35.5. The summed E-state index contributed by atoms with van der Waals surface area (Å²) in [6.45, 7) is 0. The van der Waals surface area contributed by atoms with E-state index in [1.807, 2.05) is 0 Å². The van der Waals surface area contributed by atoms with Gasteiger partial charge >= 0.3 is 6.18 Å². The minimum atomic E-state index is -4.40. The molecular weight excluding hydrogens is 379 g/mol. The molecule has 4 nitrogen and oxygen atoms in total. The Morgan fingerprint density at radius 3 is 2.56 bits per heavy atom. The zero-order valence-corrected chi connectivity index (χ0v) is 14.6. The van der Waals surface area contributed by atoms with E-state index in [2.05, 4.69) is 10.4 Å². The molecule has 0 aliphatic carbocycles. The molecule has 1 aromatic heterocycles. The number of nitrogens with zero attached hydrogens (tertiary/aromatic N) is 2. The fraction of sp³-hybridized carbons (Fsp3) is 0.158. The molecule has 0 radical (unpaired) electrons. The maximum absolute atomic E-state index is 12.8. The maximum atomic E-state index is 12.8. The SMILES string of the molecule is O=C1C[C@H](c2ccc(C(F)(F)F)cc2)c2cnn(-c3cccc(Cl)c3)c2N1. The molecule has 2 heterocycles.